The monoisotopic (exact) mass is 357 g/mol. The van der Waals surface area contributed by atoms with Crippen LogP contribution in [-0.4, -0.2) is 15.7 Å². The predicted octanol–water partition coefficient (Wildman–Crippen LogP) is 4.79. The minimum absolute atomic E-state index is 0.162. The second-order valence-corrected chi connectivity index (χ2v) is 6.86. The van der Waals surface area contributed by atoms with Gasteiger partial charge in [-0.15, -0.1) is 0 Å². The number of rotatable bonds is 4. The van der Waals surface area contributed by atoms with Crippen molar-refractivity contribution >= 4 is 35.0 Å². The van der Waals surface area contributed by atoms with Gasteiger partial charge in [-0.05, 0) is 43.3 Å². The molecule has 0 aliphatic rings. The van der Waals surface area contributed by atoms with Gasteiger partial charge in [0.25, 0.3) is 5.91 Å². The molecule has 6 heteroatoms. The van der Waals surface area contributed by atoms with E-state index in [1.807, 2.05) is 55.5 Å². The second-order valence-electron chi connectivity index (χ2n) is 5.31. The van der Waals surface area contributed by atoms with Crippen molar-refractivity contribution in [3.8, 4) is 0 Å². The molecule has 2 aromatic carbocycles. The molecule has 0 spiro atoms. The number of hydrogen-bond donors (Lipinski definition) is 1. The van der Waals surface area contributed by atoms with E-state index in [9.17, 15) is 4.79 Å². The lowest BCUT2D eigenvalue weighted by Crippen LogP contribution is -2.13. The summed E-state index contributed by atoms with van der Waals surface area (Å²) in [6, 6.07) is 15.3. The molecule has 0 aliphatic carbocycles. The number of carbonyl (C=O) groups excluding carboxylic acids is 1. The summed E-state index contributed by atoms with van der Waals surface area (Å²) in [6.07, 6.45) is 1.72. The Bertz CT molecular complexity index is 874. The van der Waals surface area contributed by atoms with Crippen LogP contribution in [0, 0.1) is 6.92 Å². The van der Waals surface area contributed by atoms with Crippen LogP contribution in [0.5, 0.6) is 0 Å². The molecule has 0 atom stereocenters. The van der Waals surface area contributed by atoms with Crippen LogP contribution in [0.25, 0.3) is 0 Å². The molecule has 0 unspecified atom stereocenters. The molecule has 1 aromatic heterocycles. The first-order valence-electron chi connectivity index (χ1n) is 7.37. The Hall–Kier alpha value is -2.24. The molecule has 24 heavy (non-hydrogen) atoms. The molecule has 0 saturated carbocycles. The molecular formula is C18H16ClN3OS. The molecule has 3 aromatic rings. The standard InChI is InChI=1S/C18H16ClN3OS/c1-12-15(11-22(2)21-12)18(23)20-16-5-3-4-6-17(16)24-14-9-7-13(19)8-10-14/h3-11H,1-2H3,(H,20,23). The van der Waals surface area contributed by atoms with Crippen molar-refractivity contribution in [3.05, 3.63) is 71.0 Å². The zero-order valence-electron chi connectivity index (χ0n) is 13.3. The number of aryl methyl sites for hydroxylation is 2. The number of carbonyl (C=O) groups is 1. The van der Waals surface area contributed by atoms with Gasteiger partial charge in [0.05, 0.1) is 16.9 Å². The summed E-state index contributed by atoms with van der Waals surface area (Å²) >= 11 is 7.50. The number of amides is 1. The topological polar surface area (TPSA) is 46.9 Å². The fourth-order valence-corrected chi connectivity index (χ4v) is 3.33. The smallest absolute Gasteiger partial charge is 0.259 e. The van der Waals surface area contributed by atoms with Crippen LogP contribution in [0.15, 0.2) is 64.5 Å². The van der Waals surface area contributed by atoms with Crippen LogP contribution < -0.4 is 5.32 Å². The van der Waals surface area contributed by atoms with Crippen LogP contribution in [0.3, 0.4) is 0 Å². The van der Waals surface area contributed by atoms with Gasteiger partial charge in [-0.25, -0.2) is 0 Å². The second kappa shape index (κ2) is 7.11. The number of aromatic nitrogens is 2. The van der Waals surface area contributed by atoms with E-state index in [4.69, 9.17) is 11.6 Å². The largest absolute Gasteiger partial charge is 0.321 e. The van der Waals surface area contributed by atoms with E-state index in [1.54, 1.807) is 29.7 Å². The molecule has 1 amide bonds. The Morgan fingerprint density at radius 2 is 1.88 bits per heavy atom. The molecule has 0 radical (unpaired) electrons. The number of halogens is 1. The van der Waals surface area contributed by atoms with Crippen molar-refractivity contribution in [3.63, 3.8) is 0 Å². The van der Waals surface area contributed by atoms with Gasteiger partial charge in [0.2, 0.25) is 0 Å². The number of para-hydroxylation sites is 1. The first kappa shape index (κ1) is 16.6. The first-order valence-corrected chi connectivity index (χ1v) is 8.56. The lowest BCUT2D eigenvalue weighted by Gasteiger charge is -2.10. The molecule has 1 N–H and O–H groups in total. The zero-order chi connectivity index (χ0) is 17.1. The normalized spacial score (nSPS) is 10.6. The number of anilines is 1. The average Bonchev–Trinajstić information content (AvgIpc) is 2.90. The summed E-state index contributed by atoms with van der Waals surface area (Å²) in [5.41, 5.74) is 2.05. The Morgan fingerprint density at radius 3 is 2.54 bits per heavy atom. The quantitative estimate of drug-likeness (QED) is 0.730. The van der Waals surface area contributed by atoms with Gasteiger partial charge >= 0.3 is 0 Å². The molecule has 0 bridgehead atoms. The maximum Gasteiger partial charge on any atom is 0.259 e. The average molecular weight is 358 g/mol. The van der Waals surface area contributed by atoms with Gasteiger partial charge in [-0.1, -0.05) is 35.5 Å². The van der Waals surface area contributed by atoms with Crippen LogP contribution >= 0.6 is 23.4 Å². The SMILES string of the molecule is Cc1nn(C)cc1C(=O)Nc1ccccc1Sc1ccc(Cl)cc1. The summed E-state index contributed by atoms with van der Waals surface area (Å²) in [5, 5.41) is 7.89. The first-order chi connectivity index (χ1) is 11.5. The number of nitrogens with zero attached hydrogens (tertiary/aromatic N) is 2. The predicted molar refractivity (Wildman–Crippen MR) is 97.9 cm³/mol. The van der Waals surface area contributed by atoms with Crippen LogP contribution in [0.1, 0.15) is 16.1 Å². The highest BCUT2D eigenvalue weighted by Crippen LogP contribution is 2.34. The van der Waals surface area contributed by atoms with E-state index in [1.165, 1.54) is 0 Å². The van der Waals surface area contributed by atoms with Gasteiger partial charge in [-0.2, -0.15) is 5.10 Å². The Kier molecular flexibility index (Phi) is 4.92. The Labute approximate surface area is 149 Å². The highest BCUT2D eigenvalue weighted by molar-refractivity contribution is 7.99. The minimum atomic E-state index is -0.162. The van der Waals surface area contributed by atoms with Crippen molar-refractivity contribution in [2.45, 2.75) is 16.7 Å². The van der Waals surface area contributed by atoms with Gasteiger partial charge in [0.15, 0.2) is 0 Å². The molecule has 0 saturated heterocycles. The van der Waals surface area contributed by atoms with Crippen LogP contribution in [0.4, 0.5) is 5.69 Å². The summed E-state index contributed by atoms with van der Waals surface area (Å²) < 4.78 is 1.64. The van der Waals surface area contributed by atoms with E-state index >= 15 is 0 Å². The molecule has 0 fully saturated rings. The van der Waals surface area contributed by atoms with E-state index in [0.29, 0.717) is 16.3 Å². The van der Waals surface area contributed by atoms with Gasteiger partial charge in [0.1, 0.15) is 0 Å². The highest BCUT2D eigenvalue weighted by atomic mass is 35.5. The van der Waals surface area contributed by atoms with Crippen molar-refractivity contribution in [2.75, 3.05) is 5.32 Å². The third-order valence-electron chi connectivity index (χ3n) is 3.43. The number of nitrogens with one attached hydrogen (secondary N) is 1. The molecule has 0 aliphatic heterocycles. The summed E-state index contributed by atoms with van der Waals surface area (Å²) in [6.45, 7) is 1.82. The molecule has 122 valence electrons. The van der Waals surface area contributed by atoms with Crippen LogP contribution in [0.2, 0.25) is 5.02 Å². The van der Waals surface area contributed by atoms with Gasteiger partial charge in [0, 0.05) is 28.1 Å². The third-order valence-corrected chi connectivity index (χ3v) is 4.77. The van der Waals surface area contributed by atoms with E-state index < -0.39 is 0 Å². The van der Waals surface area contributed by atoms with E-state index in [-0.39, 0.29) is 5.91 Å². The number of hydrogen-bond acceptors (Lipinski definition) is 3. The summed E-state index contributed by atoms with van der Waals surface area (Å²) in [7, 11) is 1.80. The van der Waals surface area contributed by atoms with Crippen molar-refractivity contribution in [1.82, 2.24) is 9.78 Å². The Balaban J connectivity index is 1.82. The maximum absolute atomic E-state index is 12.5. The van der Waals surface area contributed by atoms with Crippen molar-refractivity contribution in [2.24, 2.45) is 7.05 Å². The zero-order valence-corrected chi connectivity index (χ0v) is 14.9. The number of benzene rings is 2. The van der Waals surface area contributed by atoms with Gasteiger partial charge < -0.3 is 5.32 Å². The summed E-state index contributed by atoms with van der Waals surface area (Å²) in [5.74, 6) is -0.162. The lowest BCUT2D eigenvalue weighted by atomic mass is 10.2. The Morgan fingerprint density at radius 1 is 1.17 bits per heavy atom. The van der Waals surface area contributed by atoms with Crippen LogP contribution in [-0.2, 0) is 7.05 Å². The molecule has 3 rings (SSSR count). The molecule has 4 nitrogen and oxygen atoms in total. The fourth-order valence-electron chi connectivity index (χ4n) is 2.30. The summed E-state index contributed by atoms with van der Waals surface area (Å²) in [4.78, 5) is 14.5. The van der Waals surface area contributed by atoms with Crippen molar-refractivity contribution in [1.29, 1.82) is 0 Å². The highest BCUT2D eigenvalue weighted by Gasteiger charge is 2.14. The van der Waals surface area contributed by atoms with E-state index in [0.717, 1.165) is 15.5 Å². The molecular weight excluding hydrogens is 342 g/mol. The maximum atomic E-state index is 12.5. The van der Waals surface area contributed by atoms with E-state index in [2.05, 4.69) is 10.4 Å². The lowest BCUT2D eigenvalue weighted by molar-refractivity contribution is 0.102. The van der Waals surface area contributed by atoms with Gasteiger partial charge in [-0.3, -0.25) is 9.48 Å². The van der Waals surface area contributed by atoms with Crippen molar-refractivity contribution < 1.29 is 4.79 Å². The molecule has 1 heterocycles. The fraction of sp³-hybridized carbons (Fsp3) is 0.111. The minimum Gasteiger partial charge on any atom is -0.321 e. The third kappa shape index (κ3) is 3.80.